The molecule has 12 heavy (non-hydrogen) atoms. The van der Waals surface area contributed by atoms with Gasteiger partial charge in [0.25, 0.3) is 0 Å². The van der Waals surface area contributed by atoms with Gasteiger partial charge in [-0.25, -0.2) is 0 Å². The van der Waals surface area contributed by atoms with Crippen LogP contribution in [0.3, 0.4) is 0 Å². The quantitative estimate of drug-likeness (QED) is 0.508. The van der Waals surface area contributed by atoms with Gasteiger partial charge in [0.1, 0.15) is 0 Å². The van der Waals surface area contributed by atoms with Crippen LogP contribution in [0.4, 0.5) is 0 Å². The summed E-state index contributed by atoms with van der Waals surface area (Å²) in [7, 11) is 0. The third kappa shape index (κ3) is 2.84. The van der Waals surface area contributed by atoms with Crippen molar-refractivity contribution in [2.24, 2.45) is 5.92 Å². The van der Waals surface area contributed by atoms with E-state index in [1.165, 1.54) is 38.5 Å². The van der Waals surface area contributed by atoms with E-state index in [1.807, 2.05) is 0 Å². The van der Waals surface area contributed by atoms with Crippen molar-refractivity contribution in [1.29, 1.82) is 0 Å². The van der Waals surface area contributed by atoms with Gasteiger partial charge in [0, 0.05) is 6.04 Å². The van der Waals surface area contributed by atoms with Crippen LogP contribution in [0.2, 0.25) is 0 Å². The highest BCUT2D eigenvalue weighted by atomic mass is 16.1. The van der Waals surface area contributed by atoms with Crippen molar-refractivity contribution in [1.82, 2.24) is 5.32 Å². The van der Waals surface area contributed by atoms with Crippen molar-refractivity contribution < 1.29 is 4.79 Å². The second kappa shape index (κ2) is 5.18. The normalized spacial score (nSPS) is 22.8. The predicted octanol–water partition coefficient (Wildman–Crippen LogP) is 2.09. The molecule has 0 aromatic carbocycles. The summed E-state index contributed by atoms with van der Waals surface area (Å²) in [5.41, 5.74) is 0. The van der Waals surface area contributed by atoms with E-state index in [0.29, 0.717) is 6.04 Å². The summed E-state index contributed by atoms with van der Waals surface area (Å²) in [6.07, 6.45) is 8.86. The molecule has 0 radical (unpaired) electrons. The fourth-order valence-electron chi connectivity index (χ4n) is 2.05. The molecule has 0 saturated heterocycles. The van der Waals surface area contributed by atoms with E-state index in [0.717, 1.165) is 12.3 Å². The standard InChI is InChI=1S/C10H19NO/c1-9(11-8-12)10-6-4-2-3-5-7-10/h8-10H,2-7H2,1H3,(H,11,12)/t9-/m1/s1. The highest BCUT2D eigenvalue weighted by molar-refractivity contribution is 5.46. The van der Waals surface area contributed by atoms with E-state index in [2.05, 4.69) is 12.2 Å². The zero-order chi connectivity index (χ0) is 8.81. The summed E-state index contributed by atoms with van der Waals surface area (Å²) in [6, 6.07) is 0.376. The molecule has 0 unspecified atom stereocenters. The Morgan fingerprint density at radius 1 is 1.25 bits per heavy atom. The smallest absolute Gasteiger partial charge is 0.207 e. The molecule has 1 N–H and O–H groups in total. The molecule has 0 bridgehead atoms. The van der Waals surface area contributed by atoms with E-state index < -0.39 is 0 Å². The monoisotopic (exact) mass is 169 g/mol. The molecule has 2 heteroatoms. The fraction of sp³-hybridized carbons (Fsp3) is 0.900. The molecule has 0 aromatic heterocycles. The molecule has 1 rings (SSSR count). The van der Waals surface area contributed by atoms with Crippen LogP contribution in [0.5, 0.6) is 0 Å². The lowest BCUT2D eigenvalue weighted by Crippen LogP contribution is -2.32. The predicted molar refractivity (Wildman–Crippen MR) is 49.9 cm³/mol. The second-order valence-corrected chi connectivity index (χ2v) is 3.82. The summed E-state index contributed by atoms with van der Waals surface area (Å²) in [4.78, 5) is 10.2. The maximum atomic E-state index is 10.2. The molecular formula is C10H19NO. The Bertz CT molecular complexity index is 128. The van der Waals surface area contributed by atoms with Gasteiger partial charge >= 0.3 is 0 Å². The molecule has 1 aliphatic carbocycles. The third-order valence-electron chi connectivity index (χ3n) is 2.94. The van der Waals surface area contributed by atoms with E-state index in [4.69, 9.17) is 0 Å². The number of amides is 1. The van der Waals surface area contributed by atoms with Crippen LogP contribution in [0.15, 0.2) is 0 Å². The molecule has 0 aromatic rings. The lowest BCUT2D eigenvalue weighted by molar-refractivity contribution is -0.110. The Morgan fingerprint density at radius 3 is 2.33 bits per heavy atom. The largest absolute Gasteiger partial charge is 0.356 e. The van der Waals surface area contributed by atoms with Gasteiger partial charge in [0.15, 0.2) is 0 Å². The van der Waals surface area contributed by atoms with Crippen LogP contribution in [-0.2, 0) is 4.79 Å². The first kappa shape index (κ1) is 9.56. The van der Waals surface area contributed by atoms with Crippen molar-refractivity contribution in [2.75, 3.05) is 0 Å². The topological polar surface area (TPSA) is 29.1 Å². The van der Waals surface area contributed by atoms with Crippen LogP contribution < -0.4 is 5.32 Å². The third-order valence-corrected chi connectivity index (χ3v) is 2.94. The lowest BCUT2D eigenvalue weighted by atomic mass is 9.93. The molecule has 2 nitrogen and oxygen atoms in total. The average Bonchev–Trinajstić information content (AvgIpc) is 2.32. The minimum atomic E-state index is 0.376. The molecule has 0 aliphatic heterocycles. The Morgan fingerprint density at radius 2 is 1.83 bits per heavy atom. The molecule has 1 saturated carbocycles. The zero-order valence-electron chi connectivity index (χ0n) is 7.88. The minimum Gasteiger partial charge on any atom is -0.356 e. The van der Waals surface area contributed by atoms with Gasteiger partial charge in [-0.1, -0.05) is 25.7 Å². The van der Waals surface area contributed by atoms with Gasteiger partial charge in [0.05, 0.1) is 0 Å². The van der Waals surface area contributed by atoms with Gasteiger partial charge in [-0.15, -0.1) is 0 Å². The van der Waals surface area contributed by atoms with Crippen LogP contribution in [0, 0.1) is 5.92 Å². The highest BCUT2D eigenvalue weighted by Gasteiger charge is 2.17. The van der Waals surface area contributed by atoms with Crippen LogP contribution in [0.1, 0.15) is 45.4 Å². The number of carbonyl (C=O) groups is 1. The average molecular weight is 169 g/mol. The lowest BCUT2D eigenvalue weighted by Gasteiger charge is -2.21. The number of carbonyl (C=O) groups excluding carboxylic acids is 1. The summed E-state index contributed by atoms with van der Waals surface area (Å²) in [6.45, 7) is 2.12. The molecule has 0 heterocycles. The van der Waals surface area contributed by atoms with Crippen molar-refractivity contribution >= 4 is 6.41 Å². The Labute approximate surface area is 74.7 Å². The summed E-state index contributed by atoms with van der Waals surface area (Å²) >= 11 is 0. The van der Waals surface area contributed by atoms with E-state index in [1.54, 1.807) is 0 Å². The van der Waals surface area contributed by atoms with Gasteiger partial charge in [-0.2, -0.15) is 0 Å². The Hall–Kier alpha value is -0.530. The first-order chi connectivity index (χ1) is 5.84. The van der Waals surface area contributed by atoms with Gasteiger partial charge in [-0.3, -0.25) is 4.79 Å². The summed E-state index contributed by atoms with van der Waals surface area (Å²) in [5, 5.41) is 2.86. The van der Waals surface area contributed by atoms with Gasteiger partial charge in [-0.05, 0) is 25.7 Å². The SMILES string of the molecule is C[C@@H](NC=O)C1CCCCCC1. The number of hydrogen-bond donors (Lipinski definition) is 1. The van der Waals surface area contributed by atoms with E-state index in [-0.39, 0.29) is 0 Å². The van der Waals surface area contributed by atoms with E-state index >= 15 is 0 Å². The Kier molecular flexibility index (Phi) is 4.12. The van der Waals surface area contributed by atoms with Crippen molar-refractivity contribution in [3.05, 3.63) is 0 Å². The molecule has 1 amide bonds. The van der Waals surface area contributed by atoms with Crippen LogP contribution in [-0.4, -0.2) is 12.5 Å². The summed E-state index contributed by atoms with van der Waals surface area (Å²) in [5.74, 6) is 0.720. The zero-order valence-corrected chi connectivity index (χ0v) is 7.88. The van der Waals surface area contributed by atoms with Gasteiger partial charge < -0.3 is 5.32 Å². The van der Waals surface area contributed by atoms with E-state index in [9.17, 15) is 4.79 Å². The molecule has 1 aliphatic rings. The molecular weight excluding hydrogens is 150 g/mol. The highest BCUT2D eigenvalue weighted by Crippen LogP contribution is 2.25. The molecule has 1 atom stereocenters. The molecule has 0 spiro atoms. The first-order valence-electron chi connectivity index (χ1n) is 5.04. The second-order valence-electron chi connectivity index (χ2n) is 3.82. The van der Waals surface area contributed by atoms with Crippen LogP contribution >= 0.6 is 0 Å². The van der Waals surface area contributed by atoms with Gasteiger partial charge in [0.2, 0.25) is 6.41 Å². The maximum absolute atomic E-state index is 10.2. The molecule has 70 valence electrons. The maximum Gasteiger partial charge on any atom is 0.207 e. The van der Waals surface area contributed by atoms with Crippen LogP contribution in [0.25, 0.3) is 0 Å². The van der Waals surface area contributed by atoms with Crippen molar-refractivity contribution in [3.8, 4) is 0 Å². The first-order valence-corrected chi connectivity index (χ1v) is 5.04. The minimum absolute atomic E-state index is 0.376. The number of rotatable bonds is 3. The van der Waals surface area contributed by atoms with Crippen molar-refractivity contribution in [3.63, 3.8) is 0 Å². The fourth-order valence-corrected chi connectivity index (χ4v) is 2.05. The summed E-state index contributed by atoms with van der Waals surface area (Å²) < 4.78 is 0. The van der Waals surface area contributed by atoms with Crippen molar-refractivity contribution in [2.45, 2.75) is 51.5 Å². The Balaban J connectivity index is 2.31. The molecule has 1 fully saturated rings. The number of nitrogens with one attached hydrogen (secondary N) is 1. The number of hydrogen-bond acceptors (Lipinski definition) is 1.